The molecule has 5 atom stereocenters. The Bertz CT molecular complexity index is 960. The predicted octanol–water partition coefficient (Wildman–Crippen LogP) is 1.29. The van der Waals surface area contributed by atoms with E-state index in [9.17, 15) is 29.4 Å². The van der Waals surface area contributed by atoms with Crippen LogP contribution in [0.3, 0.4) is 0 Å². The summed E-state index contributed by atoms with van der Waals surface area (Å²) in [5.74, 6) is -2.35. The van der Waals surface area contributed by atoms with Crippen molar-refractivity contribution in [3.63, 3.8) is 0 Å². The van der Waals surface area contributed by atoms with Gasteiger partial charge in [0.1, 0.15) is 23.8 Å². The van der Waals surface area contributed by atoms with Gasteiger partial charge >= 0.3 is 6.09 Å². The molecule has 1 saturated carbocycles. The minimum Gasteiger partial charge on any atom is -0.444 e. The Morgan fingerprint density at radius 3 is 2.18 bits per heavy atom. The number of aliphatic hydroxyl groups is 2. The second kappa shape index (κ2) is 14.9. The van der Waals surface area contributed by atoms with E-state index in [2.05, 4.69) is 10.6 Å². The maximum atomic E-state index is 13.0. The average Bonchev–Trinajstić information content (AvgIpc) is 2.87. The van der Waals surface area contributed by atoms with Crippen LogP contribution >= 0.6 is 0 Å². The highest BCUT2D eigenvalue weighted by Crippen LogP contribution is 2.27. The molecular weight excluding hydrogens is 504 g/mol. The SMILES string of the molecule is C[C@H](NC(=O)[C@H](Cc1ccccc1)NC(=O)OC(C)(C)C)C(=O)NC(=O)C(O)C(O)C(N)CC1CCCCC1. The van der Waals surface area contributed by atoms with Crippen molar-refractivity contribution in [1.82, 2.24) is 16.0 Å². The first-order chi connectivity index (χ1) is 18.3. The molecule has 0 heterocycles. The normalized spacial score (nSPS) is 18.1. The van der Waals surface area contributed by atoms with E-state index in [1.165, 1.54) is 13.3 Å². The Balaban J connectivity index is 1.95. The lowest BCUT2D eigenvalue weighted by molar-refractivity contribution is -0.142. The fourth-order valence-electron chi connectivity index (χ4n) is 4.53. The van der Waals surface area contributed by atoms with Crippen molar-refractivity contribution in [3.8, 4) is 0 Å². The van der Waals surface area contributed by atoms with Crippen molar-refractivity contribution in [2.24, 2.45) is 11.7 Å². The zero-order valence-corrected chi connectivity index (χ0v) is 23.3. The minimum absolute atomic E-state index is 0.128. The number of ether oxygens (including phenoxy) is 1. The summed E-state index contributed by atoms with van der Waals surface area (Å²) in [6, 6.07) is 5.89. The van der Waals surface area contributed by atoms with E-state index in [0.717, 1.165) is 31.2 Å². The Kier molecular flexibility index (Phi) is 12.3. The van der Waals surface area contributed by atoms with Gasteiger partial charge in [-0.25, -0.2) is 4.79 Å². The second-order valence-corrected chi connectivity index (χ2v) is 11.3. The van der Waals surface area contributed by atoms with Gasteiger partial charge in [0.2, 0.25) is 11.8 Å². The first-order valence-electron chi connectivity index (χ1n) is 13.6. The molecule has 0 spiro atoms. The second-order valence-electron chi connectivity index (χ2n) is 11.3. The number of carbonyl (C=O) groups is 4. The number of aliphatic hydroxyl groups excluding tert-OH is 2. The zero-order valence-electron chi connectivity index (χ0n) is 23.3. The molecule has 1 fully saturated rings. The van der Waals surface area contributed by atoms with Crippen LogP contribution in [0.25, 0.3) is 0 Å². The molecule has 7 N–H and O–H groups in total. The summed E-state index contributed by atoms with van der Waals surface area (Å²) in [7, 11) is 0. The molecule has 2 rings (SSSR count). The van der Waals surface area contributed by atoms with E-state index in [1.807, 2.05) is 11.4 Å². The number of hydrogen-bond acceptors (Lipinski definition) is 8. The van der Waals surface area contributed by atoms with E-state index >= 15 is 0 Å². The van der Waals surface area contributed by atoms with Gasteiger partial charge in [-0.15, -0.1) is 0 Å². The molecule has 1 aliphatic carbocycles. The van der Waals surface area contributed by atoms with Gasteiger partial charge in [-0.2, -0.15) is 0 Å². The molecule has 1 aromatic carbocycles. The number of nitrogens with two attached hydrogens (primary N) is 1. The van der Waals surface area contributed by atoms with E-state index < -0.39 is 59.7 Å². The molecule has 1 aliphatic rings. The number of rotatable bonds is 11. The molecule has 39 heavy (non-hydrogen) atoms. The van der Waals surface area contributed by atoms with Crippen LogP contribution in [0, 0.1) is 5.92 Å². The first kappa shape index (κ1) is 32.2. The number of benzene rings is 1. The summed E-state index contributed by atoms with van der Waals surface area (Å²) in [4.78, 5) is 50.4. The molecule has 0 saturated heterocycles. The Morgan fingerprint density at radius 2 is 1.59 bits per heavy atom. The number of carbonyl (C=O) groups excluding carboxylic acids is 4. The van der Waals surface area contributed by atoms with Crippen LogP contribution in [-0.2, 0) is 25.5 Å². The van der Waals surface area contributed by atoms with Gasteiger partial charge in [0, 0.05) is 12.5 Å². The van der Waals surface area contributed by atoms with Crippen LogP contribution in [0.15, 0.2) is 30.3 Å². The zero-order chi connectivity index (χ0) is 29.2. The van der Waals surface area contributed by atoms with Crippen molar-refractivity contribution in [1.29, 1.82) is 0 Å². The highest BCUT2D eigenvalue weighted by molar-refractivity contribution is 6.01. The van der Waals surface area contributed by atoms with Crippen LogP contribution in [0.1, 0.15) is 71.8 Å². The summed E-state index contributed by atoms with van der Waals surface area (Å²) in [5, 5.41) is 27.7. The van der Waals surface area contributed by atoms with Gasteiger partial charge in [0.25, 0.3) is 5.91 Å². The fourth-order valence-corrected chi connectivity index (χ4v) is 4.53. The number of imide groups is 1. The number of alkyl carbamates (subject to hydrolysis) is 1. The van der Waals surface area contributed by atoms with Crippen LogP contribution in [0.4, 0.5) is 4.79 Å². The van der Waals surface area contributed by atoms with Gasteiger partial charge in [-0.3, -0.25) is 19.7 Å². The predicted molar refractivity (Wildman–Crippen MR) is 145 cm³/mol. The summed E-state index contributed by atoms with van der Waals surface area (Å²) < 4.78 is 5.26. The molecule has 0 radical (unpaired) electrons. The summed E-state index contributed by atoms with van der Waals surface area (Å²) in [5.41, 5.74) is 6.03. The lowest BCUT2D eigenvalue weighted by Crippen LogP contribution is -2.57. The van der Waals surface area contributed by atoms with Crippen LogP contribution in [-0.4, -0.2) is 70.0 Å². The van der Waals surface area contributed by atoms with Gasteiger partial charge in [-0.05, 0) is 45.6 Å². The summed E-state index contributed by atoms with van der Waals surface area (Å²) >= 11 is 0. The molecule has 4 amide bonds. The quantitative estimate of drug-likeness (QED) is 0.239. The minimum atomic E-state index is -1.91. The van der Waals surface area contributed by atoms with Crippen LogP contribution in [0.5, 0.6) is 0 Å². The lowest BCUT2D eigenvalue weighted by atomic mass is 9.83. The Labute approximate surface area is 230 Å². The van der Waals surface area contributed by atoms with Crippen molar-refractivity contribution >= 4 is 23.8 Å². The topological polar surface area (TPSA) is 180 Å². The summed E-state index contributed by atoms with van der Waals surface area (Å²) in [6.07, 6.45) is 1.68. The van der Waals surface area contributed by atoms with Crippen molar-refractivity contribution in [2.45, 2.75) is 109 Å². The van der Waals surface area contributed by atoms with Crippen molar-refractivity contribution in [2.75, 3.05) is 0 Å². The third-order valence-electron chi connectivity index (χ3n) is 6.65. The fraction of sp³-hybridized carbons (Fsp3) is 0.643. The number of nitrogens with one attached hydrogen (secondary N) is 3. The van der Waals surface area contributed by atoms with Crippen LogP contribution < -0.4 is 21.7 Å². The van der Waals surface area contributed by atoms with Gasteiger partial charge in [0.05, 0.1) is 0 Å². The largest absolute Gasteiger partial charge is 0.444 e. The molecule has 11 heteroatoms. The maximum Gasteiger partial charge on any atom is 0.408 e. The van der Waals surface area contributed by atoms with Gasteiger partial charge in [0.15, 0.2) is 6.10 Å². The van der Waals surface area contributed by atoms with Crippen molar-refractivity contribution < 1.29 is 34.1 Å². The van der Waals surface area contributed by atoms with E-state index in [4.69, 9.17) is 10.5 Å². The number of hydrogen-bond donors (Lipinski definition) is 6. The third kappa shape index (κ3) is 11.3. The number of amides is 4. The molecule has 1 aromatic rings. The smallest absolute Gasteiger partial charge is 0.408 e. The standard InChI is InChI=1S/C28H44N4O7/c1-17(24(35)32-26(37)23(34)22(33)20(29)15-18-11-7-5-8-12-18)30-25(36)21(16-19-13-9-6-10-14-19)31-27(38)39-28(2,3)4/h6,9-10,13-14,17-18,20-23,33-34H,5,7-8,11-12,15-16,29H2,1-4H3,(H,30,36)(H,31,38)(H,32,35,37)/t17-,20?,21-,22?,23?/m0/s1. The highest BCUT2D eigenvalue weighted by Gasteiger charge is 2.33. The monoisotopic (exact) mass is 548 g/mol. The van der Waals surface area contributed by atoms with Crippen molar-refractivity contribution in [3.05, 3.63) is 35.9 Å². The van der Waals surface area contributed by atoms with E-state index in [1.54, 1.807) is 45.0 Å². The molecular formula is C28H44N4O7. The molecule has 0 aliphatic heterocycles. The highest BCUT2D eigenvalue weighted by atomic mass is 16.6. The molecule has 11 nitrogen and oxygen atoms in total. The molecule has 0 bridgehead atoms. The average molecular weight is 549 g/mol. The Hall–Kier alpha value is -3.02. The first-order valence-corrected chi connectivity index (χ1v) is 13.6. The molecule has 218 valence electrons. The molecule has 0 aromatic heterocycles. The summed E-state index contributed by atoms with van der Waals surface area (Å²) in [6.45, 7) is 6.43. The van der Waals surface area contributed by atoms with Gasteiger partial charge < -0.3 is 31.3 Å². The lowest BCUT2D eigenvalue weighted by Gasteiger charge is -2.29. The maximum absolute atomic E-state index is 13.0. The van der Waals surface area contributed by atoms with E-state index in [0.29, 0.717) is 12.3 Å². The van der Waals surface area contributed by atoms with E-state index in [-0.39, 0.29) is 6.42 Å². The molecule has 3 unspecified atom stereocenters. The van der Waals surface area contributed by atoms with Crippen LogP contribution in [0.2, 0.25) is 0 Å². The third-order valence-corrected chi connectivity index (χ3v) is 6.65. The van der Waals surface area contributed by atoms with Gasteiger partial charge in [-0.1, -0.05) is 62.4 Å². The Morgan fingerprint density at radius 1 is 0.974 bits per heavy atom.